The maximum absolute atomic E-state index is 13.4. The molecule has 1 saturated carbocycles. The Morgan fingerprint density at radius 1 is 1.16 bits per heavy atom. The third-order valence-corrected chi connectivity index (χ3v) is 5.88. The molecule has 1 aliphatic carbocycles. The molecule has 3 aromatic heterocycles. The minimum Gasteiger partial charge on any atom is -0.382 e. The van der Waals surface area contributed by atoms with Gasteiger partial charge in [0.05, 0.1) is 41.4 Å². The molecule has 4 aromatic rings. The van der Waals surface area contributed by atoms with Gasteiger partial charge in [0.15, 0.2) is 0 Å². The number of amides is 1. The zero-order valence-electron chi connectivity index (χ0n) is 16.9. The molecule has 1 fully saturated rings. The number of rotatable bonds is 4. The van der Waals surface area contributed by atoms with Crippen molar-refractivity contribution in [3.05, 3.63) is 65.9 Å². The maximum Gasteiger partial charge on any atom is 0.417 e. The van der Waals surface area contributed by atoms with Crippen LogP contribution in [0.5, 0.6) is 0 Å². The van der Waals surface area contributed by atoms with E-state index in [2.05, 4.69) is 15.0 Å². The lowest BCUT2D eigenvalue weighted by Gasteiger charge is -2.37. The molecule has 10 heteroatoms. The molecular formula is C22H19F3N6O. The molecule has 0 bridgehead atoms. The number of hydrogen-bond donors (Lipinski definition) is 1. The van der Waals surface area contributed by atoms with Gasteiger partial charge in [-0.25, -0.2) is 9.97 Å². The van der Waals surface area contributed by atoms with Crippen LogP contribution in [-0.2, 0) is 12.7 Å². The van der Waals surface area contributed by atoms with E-state index in [-0.39, 0.29) is 18.5 Å². The molecule has 7 nitrogen and oxygen atoms in total. The Kier molecular flexibility index (Phi) is 4.72. The second kappa shape index (κ2) is 7.47. The van der Waals surface area contributed by atoms with Gasteiger partial charge < -0.3 is 10.6 Å². The first kappa shape index (κ1) is 20.2. The molecule has 5 rings (SSSR count). The van der Waals surface area contributed by atoms with Gasteiger partial charge in [0.1, 0.15) is 11.3 Å². The predicted molar refractivity (Wildman–Crippen MR) is 112 cm³/mol. The van der Waals surface area contributed by atoms with Crippen molar-refractivity contribution in [1.82, 2.24) is 24.3 Å². The fourth-order valence-electron chi connectivity index (χ4n) is 3.90. The van der Waals surface area contributed by atoms with Crippen molar-refractivity contribution in [3.63, 3.8) is 0 Å². The number of fused-ring (bicyclic) bond motifs is 3. The highest BCUT2D eigenvalue weighted by atomic mass is 19.4. The van der Waals surface area contributed by atoms with Gasteiger partial charge in [0.25, 0.3) is 5.91 Å². The van der Waals surface area contributed by atoms with E-state index in [1.54, 1.807) is 40.0 Å². The molecule has 0 aliphatic heterocycles. The third-order valence-electron chi connectivity index (χ3n) is 5.88. The Bertz CT molecular complexity index is 1310. The smallest absolute Gasteiger partial charge is 0.382 e. The van der Waals surface area contributed by atoms with Crippen LogP contribution in [-0.4, -0.2) is 36.2 Å². The number of nitrogens with zero attached hydrogens (tertiary/aromatic N) is 5. The largest absolute Gasteiger partial charge is 0.417 e. The van der Waals surface area contributed by atoms with E-state index in [0.29, 0.717) is 33.6 Å². The number of carbonyl (C=O) groups excluding carboxylic acids is 1. The van der Waals surface area contributed by atoms with Gasteiger partial charge in [0, 0.05) is 17.8 Å². The van der Waals surface area contributed by atoms with Crippen molar-refractivity contribution in [2.24, 2.45) is 0 Å². The van der Waals surface area contributed by atoms with Crippen LogP contribution >= 0.6 is 0 Å². The topological polar surface area (TPSA) is 89.4 Å². The minimum absolute atomic E-state index is 0.0279. The van der Waals surface area contributed by atoms with Gasteiger partial charge in [-0.1, -0.05) is 0 Å². The van der Waals surface area contributed by atoms with Gasteiger partial charge in [-0.15, -0.1) is 0 Å². The van der Waals surface area contributed by atoms with Crippen molar-refractivity contribution < 1.29 is 18.0 Å². The maximum atomic E-state index is 13.4. The van der Waals surface area contributed by atoms with Crippen molar-refractivity contribution in [1.29, 1.82) is 0 Å². The summed E-state index contributed by atoms with van der Waals surface area (Å²) < 4.78 is 40.3. The summed E-state index contributed by atoms with van der Waals surface area (Å²) in [5, 5.41) is 0. The standard InChI is InChI=1S/C22H19F3N6O/c23-22(24,25)14-5-6-15(28-9-14)11-30(16-2-1-3-16)21(32)13-4-7-17-18(8-13)31-12-27-10-19(31)20(26)29-17/h4-10,12,16H,1-3,11H2,(H2,26,29). The first-order chi connectivity index (χ1) is 15.3. The van der Waals surface area contributed by atoms with Crippen LogP contribution in [0.4, 0.5) is 19.0 Å². The van der Waals surface area contributed by atoms with E-state index in [1.807, 2.05) is 0 Å². The number of anilines is 1. The van der Waals surface area contributed by atoms with Crippen LogP contribution in [0.1, 0.15) is 40.9 Å². The summed E-state index contributed by atoms with van der Waals surface area (Å²) in [6.45, 7) is 0.139. The van der Waals surface area contributed by atoms with E-state index in [4.69, 9.17) is 5.73 Å². The summed E-state index contributed by atoms with van der Waals surface area (Å²) in [6, 6.07) is 7.50. The molecule has 1 aromatic carbocycles. The van der Waals surface area contributed by atoms with Crippen LogP contribution < -0.4 is 5.73 Å². The van der Waals surface area contributed by atoms with Gasteiger partial charge in [-0.3, -0.25) is 14.2 Å². The summed E-state index contributed by atoms with van der Waals surface area (Å²) >= 11 is 0. The Balaban J connectivity index is 1.48. The lowest BCUT2D eigenvalue weighted by atomic mass is 9.90. The van der Waals surface area contributed by atoms with Crippen LogP contribution in [0.2, 0.25) is 0 Å². The Morgan fingerprint density at radius 3 is 2.62 bits per heavy atom. The molecule has 32 heavy (non-hydrogen) atoms. The van der Waals surface area contributed by atoms with E-state index >= 15 is 0 Å². The monoisotopic (exact) mass is 440 g/mol. The quantitative estimate of drug-likeness (QED) is 0.517. The summed E-state index contributed by atoms with van der Waals surface area (Å²) in [7, 11) is 0. The predicted octanol–water partition coefficient (Wildman–Crippen LogP) is 4.07. The molecule has 0 atom stereocenters. The fourth-order valence-corrected chi connectivity index (χ4v) is 3.90. The summed E-state index contributed by atoms with van der Waals surface area (Å²) in [6.07, 6.45) is 2.28. The van der Waals surface area contributed by atoms with E-state index < -0.39 is 11.7 Å². The fraction of sp³-hybridized carbons (Fsp3) is 0.273. The van der Waals surface area contributed by atoms with E-state index in [0.717, 1.165) is 31.5 Å². The normalized spacial score (nSPS) is 14.6. The number of nitrogen functional groups attached to an aromatic ring is 1. The Morgan fingerprint density at radius 2 is 1.97 bits per heavy atom. The van der Waals surface area contributed by atoms with Gasteiger partial charge in [0.2, 0.25) is 0 Å². The lowest BCUT2D eigenvalue weighted by Crippen LogP contribution is -2.43. The number of aromatic nitrogens is 4. The second-order valence-electron chi connectivity index (χ2n) is 7.90. The molecule has 3 heterocycles. The van der Waals surface area contributed by atoms with Crippen molar-refractivity contribution in [2.45, 2.75) is 38.0 Å². The van der Waals surface area contributed by atoms with Gasteiger partial charge in [-0.2, -0.15) is 13.2 Å². The second-order valence-corrected chi connectivity index (χ2v) is 7.90. The first-order valence-electron chi connectivity index (χ1n) is 10.2. The van der Waals surface area contributed by atoms with E-state index in [9.17, 15) is 18.0 Å². The average molecular weight is 440 g/mol. The number of carbonyl (C=O) groups is 1. The Hall–Kier alpha value is -3.69. The van der Waals surface area contributed by atoms with E-state index in [1.165, 1.54) is 6.07 Å². The van der Waals surface area contributed by atoms with Gasteiger partial charge in [-0.05, 0) is 49.6 Å². The summed E-state index contributed by atoms with van der Waals surface area (Å²) in [5.41, 5.74) is 8.00. The zero-order valence-corrected chi connectivity index (χ0v) is 16.9. The highest BCUT2D eigenvalue weighted by Crippen LogP contribution is 2.31. The highest BCUT2D eigenvalue weighted by Gasteiger charge is 2.32. The van der Waals surface area contributed by atoms with Crippen molar-refractivity contribution >= 4 is 28.3 Å². The summed E-state index contributed by atoms with van der Waals surface area (Å²) in [4.78, 5) is 27.6. The summed E-state index contributed by atoms with van der Waals surface area (Å²) in [5.74, 6) is 0.141. The number of benzene rings is 1. The molecule has 0 radical (unpaired) electrons. The molecule has 0 saturated heterocycles. The number of pyridine rings is 1. The third kappa shape index (κ3) is 3.51. The SMILES string of the molecule is Nc1nc2ccc(C(=O)N(Cc3ccc(C(F)(F)F)cn3)C3CCC3)cc2n2cncc12. The molecule has 164 valence electrons. The molecule has 1 aliphatic rings. The molecule has 0 unspecified atom stereocenters. The number of nitrogens with two attached hydrogens (primary N) is 1. The number of halogens is 3. The minimum atomic E-state index is -4.45. The van der Waals surface area contributed by atoms with Crippen LogP contribution in [0.25, 0.3) is 16.6 Å². The number of alkyl halides is 3. The number of imidazole rings is 1. The molecule has 2 N–H and O–H groups in total. The lowest BCUT2D eigenvalue weighted by molar-refractivity contribution is -0.137. The zero-order chi connectivity index (χ0) is 22.5. The highest BCUT2D eigenvalue weighted by molar-refractivity contribution is 5.98. The molecular weight excluding hydrogens is 421 g/mol. The first-order valence-corrected chi connectivity index (χ1v) is 10.2. The van der Waals surface area contributed by atoms with Crippen molar-refractivity contribution in [2.75, 3.05) is 5.73 Å². The van der Waals surface area contributed by atoms with Gasteiger partial charge >= 0.3 is 6.18 Å². The van der Waals surface area contributed by atoms with Crippen LogP contribution in [0.15, 0.2) is 49.1 Å². The van der Waals surface area contributed by atoms with Crippen LogP contribution in [0.3, 0.4) is 0 Å². The molecule has 0 spiro atoms. The molecule has 1 amide bonds. The number of hydrogen-bond acceptors (Lipinski definition) is 5. The van der Waals surface area contributed by atoms with Crippen molar-refractivity contribution in [3.8, 4) is 0 Å². The van der Waals surface area contributed by atoms with Crippen LogP contribution in [0, 0.1) is 0 Å². The average Bonchev–Trinajstić information content (AvgIpc) is 3.22. The Labute approximate surface area is 180 Å².